The molecule has 7 nitrogen and oxygen atoms in total. The molecule has 144 valence electrons. The predicted octanol–water partition coefficient (Wildman–Crippen LogP) is 3.03. The van der Waals surface area contributed by atoms with Gasteiger partial charge >= 0.3 is 0 Å². The SMILES string of the molecule is COc1ccc(-c2nnc(S[C@H](C)C(=O)N[C@](C)(C#N)C(C)C)n2C)cc1. The number of amides is 1. The summed E-state index contributed by atoms with van der Waals surface area (Å²) >= 11 is 1.31. The van der Waals surface area contributed by atoms with Crippen molar-refractivity contribution in [1.82, 2.24) is 20.1 Å². The maximum absolute atomic E-state index is 12.5. The highest BCUT2D eigenvalue weighted by atomic mass is 32.2. The number of nitrogens with zero attached hydrogens (tertiary/aromatic N) is 4. The molecule has 2 atom stereocenters. The van der Waals surface area contributed by atoms with Crippen molar-refractivity contribution in [2.75, 3.05) is 7.11 Å². The van der Waals surface area contributed by atoms with E-state index in [1.807, 2.05) is 49.7 Å². The van der Waals surface area contributed by atoms with Gasteiger partial charge in [0.2, 0.25) is 5.91 Å². The van der Waals surface area contributed by atoms with Gasteiger partial charge in [-0.3, -0.25) is 4.79 Å². The first-order chi connectivity index (χ1) is 12.7. The molecule has 1 aromatic heterocycles. The lowest BCUT2D eigenvalue weighted by molar-refractivity contribution is -0.121. The first kappa shape index (κ1) is 20.8. The van der Waals surface area contributed by atoms with Crippen molar-refractivity contribution in [3.8, 4) is 23.2 Å². The van der Waals surface area contributed by atoms with Crippen LogP contribution in [0.15, 0.2) is 29.4 Å². The molecule has 2 rings (SSSR count). The van der Waals surface area contributed by atoms with Crippen molar-refractivity contribution in [1.29, 1.82) is 5.26 Å². The van der Waals surface area contributed by atoms with E-state index in [9.17, 15) is 10.1 Å². The van der Waals surface area contributed by atoms with Crippen LogP contribution in [0.2, 0.25) is 0 Å². The number of carbonyl (C=O) groups excluding carboxylic acids is 1. The molecular formula is C19H25N5O2S. The van der Waals surface area contributed by atoms with Gasteiger partial charge in [-0.2, -0.15) is 5.26 Å². The molecule has 1 N–H and O–H groups in total. The fourth-order valence-electron chi connectivity index (χ4n) is 2.28. The number of nitrogens with one attached hydrogen (secondary N) is 1. The zero-order chi connectivity index (χ0) is 20.2. The van der Waals surface area contributed by atoms with Gasteiger partial charge in [0.25, 0.3) is 0 Å². The fourth-order valence-corrected chi connectivity index (χ4v) is 3.09. The highest BCUT2D eigenvalue weighted by Crippen LogP contribution is 2.27. The van der Waals surface area contributed by atoms with Crippen molar-refractivity contribution in [2.45, 2.75) is 43.6 Å². The number of hydrogen-bond acceptors (Lipinski definition) is 6. The van der Waals surface area contributed by atoms with Crippen molar-refractivity contribution >= 4 is 17.7 Å². The summed E-state index contributed by atoms with van der Waals surface area (Å²) in [5.74, 6) is 1.27. The molecule has 0 spiro atoms. The first-order valence-electron chi connectivity index (χ1n) is 8.65. The molecule has 0 aliphatic carbocycles. The minimum absolute atomic E-state index is 0.000141. The number of carbonyl (C=O) groups is 1. The van der Waals surface area contributed by atoms with E-state index in [4.69, 9.17) is 4.74 Å². The topological polar surface area (TPSA) is 92.8 Å². The molecular weight excluding hydrogens is 362 g/mol. The summed E-state index contributed by atoms with van der Waals surface area (Å²) in [5, 5.41) is 20.9. The Kier molecular flexibility index (Phi) is 6.50. The van der Waals surface area contributed by atoms with Crippen LogP contribution in [0, 0.1) is 17.2 Å². The number of aromatic nitrogens is 3. The minimum Gasteiger partial charge on any atom is -0.497 e. The molecule has 1 amide bonds. The van der Waals surface area contributed by atoms with Crippen LogP contribution in [-0.2, 0) is 11.8 Å². The summed E-state index contributed by atoms with van der Waals surface area (Å²) in [7, 11) is 3.48. The summed E-state index contributed by atoms with van der Waals surface area (Å²) in [4.78, 5) is 12.5. The van der Waals surface area contributed by atoms with Crippen LogP contribution >= 0.6 is 11.8 Å². The van der Waals surface area contributed by atoms with E-state index < -0.39 is 10.8 Å². The number of nitriles is 1. The van der Waals surface area contributed by atoms with Gasteiger partial charge in [-0.05, 0) is 44.0 Å². The van der Waals surface area contributed by atoms with E-state index in [2.05, 4.69) is 21.6 Å². The van der Waals surface area contributed by atoms with Crippen molar-refractivity contribution in [2.24, 2.45) is 13.0 Å². The Bertz CT molecular complexity index is 841. The normalized spacial score (nSPS) is 14.3. The Labute approximate surface area is 164 Å². The third-order valence-corrected chi connectivity index (χ3v) is 5.74. The van der Waals surface area contributed by atoms with Crippen molar-refractivity contribution < 1.29 is 9.53 Å². The van der Waals surface area contributed by atoms with E-state index in [0.717, 1.165) is 11.3 Å². The van der Waals surface area contributed by atoms with E-state index in [1.165, 1.54) is 11.8 Å². The van der Waals surface area contributed by atoms with Crippen molar-refractivity contribution in [3.63, 3.8) is 0 Å². The Morgan fingerprint density at radius 2 is 1.93 bits per heavy atom. The predicted molar refractivity (Wildman–Crippen MR) is 105 cm³/mol. The van der Waals surface area contributed by atoms with E-state index in [0.29, 0.717) is 11.0 Å². The molecule has 0 radical (unpaired) electrons. The zero-order valence-electron chi connectivity index (χ0n) is 16.5. The molecule has 8 heteroatoms. The maximum Gasteiger partial charge on any atom is 0.234 e. The van der Waals surface area contributed by atoms with Crippen LogP contribution in [0.5, 0.6) is 5.75 Å². The molecule has 0 bridgehead atoms. The fraction of sp³-hybridized carbons (Fsp3) is 0.474. The monoisotopic (exact) mass is 387 g/mol. The van der Waals surface area contributed by atoms with E-state index in [1.54, 1.807) is 21.0 Å². The second-order valence-corrected chi connectivity index (χ2v) is 8.12. The summed E-state index contributed by atoms with van der Waals surface area (Å²) in [6.45, 7) is 7.34. The number of hydrogen-bond donors (Lipinski definition) is 1. The third kappa shape index (κ3) is 4.61. The van der Waals surface area contributed by atoms with Crippen LogP contribution < -0.4 is 10.1 Å². The first-order valence-corrected chi connectivity index (χ1v) is 9.53. The van der Waals surface area contributed by atoms with Crippen LogP contribution in [0.25, 0.3) is 11.4 Å². The van der Waals surface area contributed by atoms with Gasteiger partial charge in [0.1, 0.15) is 11.3 Å². The lowest BCUT2D eigenvalue weighted by atomic mass is 9.90. The maximum atomic E-state index is 12.5. The lowest BCUT2D eigenvalue weighted by Gasteiger charge is -2.28. The van der Waals surface area contributed by atoms with Gasteiger partial charge in [-0.25, -0.2) is 0 Å². The van der Waals surface area contributed by atoms with Crippen LogP contribution in [0.3, 0.4) is 0 Å². The van der Waals surface area contributed by atoms with Gasteiger partial charge in [0.15, 0.2) is 11.0 Å². The van der Waals surface area contributed by atoms with E-state index >= 15 is 0 Å². The smallest absolute Gasteiger partial charge is 0.234 e. The Balaban J connectivity index is 2.12. The Morgan fingerprint density at radius 1 is 1.30 bits per heavy atom. The molecule has 0 fully saturated rings. The average molecular weight is 388 g/mol. The van der Waals surface area contributed by atoms with E-state index in [-0.39, 0.29) is 11.8 Å². The summed E-state index contributed by atoms with van der Waals surface area (Å²) in [5.41, 5.74) is 0.00617. The third-order valence-electron chi connectivity index (χ3n) is 4.60. The van der Waals surface area contributed by atoms with Gasteiger partial charge < -0.3 is 14.6 Å². The highest BCUT2D eigenvalue weighted by Gasteiger charge is 2.32. The molecule has 0 aliphatic heterocycles. The number of benzene rings is 1. The van der Waals surface area contributed by atoms with Crippen molar-refractivity contribution in [3.05, 3.63) is 24.3 Å². The summed E-state index contributed by atoms with van der Waals surface area (Å²) in [6.07, 6.45) is 0. The zero-order valence-corrected chi connectivity index (χ0v) is 17.3. The number of ether oxygens (including phenoxy) is 1. The van der Waals surface area contributed by atoms with Gasteiger partial charge in [-0.1, -0.05) is 25.6 Å². The molecule has 27 heavy (non-hydrogen) atoms. The second kappa shape index (κ2) is 8.44. The van der Waals surface area contributed by atoms with Gasteiger partial charge in [-0.15, -0.1) is 10.2 Å². The molecule has 0 saturated heterocycles. The van der Waals surface area contributed by atoms with Crippen LogP contribution in [-0.4, -0.2) is 38.6 Å². The largest absolute Gasteiger partial charge is 0.497 e. The number of methoxy groups -OCH3 is 1. The molecule has 1 aromatic carbocycles. The lowest BCUT2D eigenvalue weighted by Crippen LogP contribution is -2.51. The molecule has 0 saturated carbocycles. The highest BCUT2D eigenvalue weighted by molar-refractivity contribution is 8.00. The van der Waals surface area contributed by atoms with Crippen LogP contribution in [0.1, 0.15) is 27.7 Å². The van der Waals surface area contributed by atoms with Crippen LogP contribution in [0.4, 0.5) is 0 Å². The molecule has 0 unspecified atom stereocenters. The average Bonchev–Trinajstić information content (AvgIpc) is 3.01. The standard InChI is InChI=1S/C19H25N5O2S/c1-12(2)19(4,11-20)21-17(25)13(3)27-18-23-22-16(24(18)5)14-7-9-15(26-6)10-8-14/h7-10,12-13H,1-6H3,(H,21,25)/t13-,19-/m1/s1. The Morgan fingerprint density at radius 3 is 2.44 bits per heavy atom. The molecule has 1 heterocycles. The van der Waals surface area contributed by atoms with Gasteiger partial charge in [0.05, 0.1) is 18.4 Å². The summed E-state index contributed by atoms with van der Waals surface area (Å²) < 4.78 is 7.02. The minimum atomic E-state index is -0.903. The Hall–Kier alpha value is -2.53. The number of rotatable bonds is 7. The molecule has 2 aromatic rings. The quantitative estimate of drug-likeness (QED) is 0.734. The molecule has 0 aliphatic rings. The second-order valence-electron chi connectivity index (χ2n) is 6.81. The number of thioether (sulfide) groups is 1. The summed E-state index contributed by atoms with van der Waals surface area (Å²) in [6, 6.07) is 9.74. The van der Waals surface area contributed by atoms with Gasteiger partial charge in [0, 0.05) is 12.6 Å².